The van der Waals surface area contributed by atoms with Crippen LogP contribution in [0.25, 0.3) is 0 Å². The normalized spacial score (nSPS) is 11.3. The molecule has 0 radical (unpaired) electrons. The molecular weight excluding hydrogens is 330 g/mol. The number of aromatic nitrogens is 2. The number of methoxy groups -OCH3 is 1. The molecule has 0 amide bonds. The Hall–Kier alpha value is -2.70. The van der Waals surface area contributed by atoms with Crippen molar-refractivity contribution < 1.29 is 9.47 Å². The molecule has 0 saturated heterocycles. The van der Waals surface area contributed by atoms with Crippen LogP contribution in [0.2, 0.25) is 0 Å². The van der Waals surface area contributed by atoms with Gasteiger partial charge in [-0.1, -0.05) is 6.07 Å². The van der Waals surface area contributed by atoms with Crippen LogP contribution in [-0.2, 0) is 13.6 Å². The molecule has 0 aliphatic heterocycles. The SMILES string of the molecule is CN=C(NCCCOc1cccc(OC)c1)NCc1c(C)nn(C)c1C. The number of rotatable bonds is 8. The molecule has 0 atom stereocenters. The lowest BCUT2D eigenvalue weighted by molar-refractivity contribution is 0.308. The summed E-state index contributed by atoms with van der Waals surface area (Å²) in [6.45, 7) is 6.19. The maximum absolute atomic E-state index is 5.74. The Morgan fingerprint density at radius 3 is 2.65 bits per heavy atom. The van der Waals surface area contributed by atoms with Gasteiger partial charge in [-0.2, -0.15) is 5.10 Å². The largest absolute Gasteiger partial charge is 0.497 e. The van der Waals surface area contributed by atoms with Gasteiger partial charge in [0.25, 0.3) is 0 Å². The zero-order valence-corrected chi connectivity index (χ0v) is 16.3. The van der Waals surface area contributed by atoms with E-state index < -0.39 is 0 Å². The molecule has 0 bridgehead atoms. The van der Waals surface area contributed by atoms with Crippen LogP contribution in [0.1, 0.15) is 23.4 Å². The van der Waals surface area contributed by atoms with E-state index in [4.69, 9.17) is 9.47 Å². The van der Waals surface area contributed by atoms with Crippen molar-refractivity contribution in [1.82, 2.24) is 20.4 Å². The number of hydrogen-bond donors (Lipinski definition) is 2. The van der Waals surface area contributed by atoms with Gasteiger partial charge in [-0.25, -0.2) is 0 Å². The Kier molecular flexibility index (Phi) is 7.32. The van der Waals surface area contributed by atoms with E-state index in [9.17, 15) is 0 Å². The van der Waals surface area contributed by atoms with Gasteiger partial charge in [0.15, 0.2) is 5.96 Å². The average Bonchev–Trinajstić information content (AvgIpc) is 2.89. The Morgan fingerprint density at radius 2 is 2.00 bits per heavy atom. The quantitative estimate of drug-likeness (QED) is 0.429. The maximum Gasteiger partial charge on any atom is 0.191 e. The molecule has 0 spiro atoms. The molecule has 0 fully saturated rings. The highest BCUT2D eigenvalue weighted by molar-refractivity contribution is 5.79. The Bertz CT molecular complexity index is 740. The predicted octanol–water partition coefficient (Wildman–Crippen LogP) is 2.18. The summed E-state index contributed by atoms with van der Waals surface area (Å²) in [5, 5.41) is 11.1. The van der Waals surface area contributed by atoms with Gasteiger partial charge >= 0.3 is 0 Å². The van der Waals surface area contributed by atoms with Gasteiger partial charge in [0.1, 0.15) is 11.5 Å². The van der Waals surface area contributed by atoms with E-state index in [1.54, 1.807) is 14.2 Å². The van der Waals surface area contributed by atoms with Gasteiger partial charge in [-0.15, -0.1) is 0 Å². The summed E-state index contributed by atoms with van der Waals surface area (Å²) in [5.41, 5.74) is 3.41. The lowest BCUT2D eigenvalue weighted by Gasteiger charge is -2.13. The molecule has 2 N–H and O–H groups in total. The summed E-state index contributed by atoms with van der Waals surface area (Å²) in [6.07, 6.45) is 0.864. The monoisotopic (exact) mass is 359 g/mol. The van der Waals surface area contributed by atoms with Gasteiger partial charge in [0.05, 0.1) is 19.4 Å². The van der Waals surface area contributed by atoms with Crippen LogP contribution >= 0.6 is 0 Å². The first kappa shape index (κ1) is 19.6. The highest BCUT2D eigenvalue weighted by atomic mass is 16.5. The molecule has 7 heteroatoms. The fraction of sp³-hybridized carbons (Fsp3) is 0.474. The second-order valence-electron chi connectivity index (χ2n) is 6.01. The molecule has 2 rings (SSSR count). The Balaban J connectivity index is 1.70. The number of aryl methyl sites for hydroxylation is 2. The molecule has 0 saturated carbocycles. The summed E-state index contributed by atoms with van der Waals surface area (Å²) >= 11 is 0. The highest BCUT2D eigenvalue weighted by Gasteiger charge is 2.09. The van der Waals surface area contributed by atoms with E-state index in [0.717, 1.165) is 41.8 Å². The number of aliphatic imine (C=N–C) groups is 1. The molecule has 1 heterocycles. The fourth-order valence-electron chi connectivity index (χ4n) is 2.63. The maximum atomic E-state index is 5.74. The third-order valence-electron chi connectivity index (χ3n) is 4.24. The summed E-state index contributed by atoms with van der Waals surface area (Å²) in [5.74, 6) is 2.38. The van der Waals surface area contributed by atoms with Crippen molar-refractivity contribution in [2.45, 2.75) is 26.8 Å². The summed E-state index contributed by atoms with van der Waals surface area (Å²) in [4.78, 5) is 4.26. The molecule has 0 unspecified atom stereocenters. The number of nitrogens with one attached hydrogen (secondary N) is 2. The first-order valence-electron chi connectivity index (χ1n) is 8.75. The third-order valence-corrected chi connectivity index (χ3v) is 4.24. The first-order valence-corrected chi connectivity index (χ1v) is 8.75. The van der Waals surface area contributed by atoms with Crippen molar-refractivity contribution in [2.24, 2.45) is 12.0 Å². The van der Waals surface area contributed by atoms with Crippen LogP contribution in [-0.4, -0.2) is 43.0 Å². The van der Waals surface area contributed by atoms with Crippen LogP contribution in [0, 0.1) is 13.8 Å². The zero-order chi connectivity index (χ0) is 18.9. The summed E-state index contributed by atoms with van der Waals surface area (Å²) in [7, 11) is 5.38. The van der Waals surface area contributed by atoms with E-state index in [2.05, 4.69) is 27.6 Å². The summed E-state index contributed by atoms with van der Waals surface area (Å²) < 4.78 is 12.8. The smallest absolute Gasteiger partial charge is 0.191 e. The molecule has 142 valence electrons. The zero-order valence-electron chi connectivity index (χ0n) is 16.3. The van der Waals surface area contributed by atoms with Crippen molar-refractivity contribution in [3.63, 3.8) is 0 Å². The van der Waals surface area contributed by atoms with E-state index in [1.807, 2.05) is 42.9 Å². The second kappa shape index (κ2) is 9.70. The van der Waals surface area contributed by atoms with Crippen LogP contribution in [0.4, 0.5) is 0 Å². The topological polar surface area (TPSA) is 72.7 Å². The van der Waals surface area contributed by atoms with E-state index in [0.29, 0.717) is 13.2 Å². The van der Waals surface area contributed by atoms with E-state index in [1.165, 1.54) is 5.56 Å². The van der Waals surface area contributed by atoms with Crippen molar-refractivity contribution >= 4 is 5.96 Å². The molecular formula is C19H29N5O2. The van der Waals surface area contributed by atoms with Crippen molar-refractivity contribution in [3.05, 3.63) is 41.2 Å². The molecule has 2 aromatic rings. The lowest BCUT2D eigenvalue weighted by Crippen LogP contribution is -2.37. The number of ether oxygens (including phenoxy) is 2. The predicted molar refractivity (Wildman–Crippen MR) is 104 cm³/mol. The van der Waals surface area contributed by atoms with Gasteiger partial charge in [0.2, 0.25) is 0 Å². The number of hydrogen-bond acceptors (Lipinski definition) is 4. The van der Waals surface area contributed by atoms with E-state index in [-0.39, 0.29) is 0 Å². The number of benzene rings is 1. The van der Waals surface area contributed by atoms with Crippen molar-refractivity contribution in [1.29, 1.82) is 0 Å². The first-order chi connectivity index (χ1) is 12.5. The minimum Gasteiger partial charge on any atom is -0.497 e. The van der Waals surface area contributed by atoms with Crippen molar-refractivity contribution in [3.8, 4) is 11.5 Å². The number of guanidine groups is 1. The minimum absolute atomic E-state index is 0.623. The average molecular weight is 359 g/mol. The molecule has 0 aliphatic rings. The van der Waals surface area contributed by atoms with E-state index >= 15 is 0 Å². The van der Waals surface area contributed by atoms with Crippen LogP contribution < -0.4 is 20.1 Å². The number of nitrogens with zero attached hydrogens (tertiary/aromatic N) is 3. The Morgan fingerprint density at radius 1 is 1.23 bits per heavy atom. The van der Waals surface area contributed by atoms with Crippen LogP contribution in [0.15, 0.2) is 29.3 Å². The van der Waals surface area contributed by atoms with Gasteiger partial charge < -0.3 is 20.1 Å². The highest BCUT2D eigenvalue weighted by Crippen LogP contribution is 2.18. The fourth-order valence-corrected chi connectivity index (χ4v) is 2.63. The van der Waals surface area contributed by atoms with Gasteiger partial charge in [-0.3, -0.25) is 9.67 Å². The van der Waals surface area contributed by atoms with Crippen LogP contribution in [0.3, 0.4) is 0 Å². The van der Waals surface area contributed by atoms with Crippen LogP contribution in [0.5, 0.6) is 11.5 Å². The lowest BCUT2D eigenvalue weighted by atomic mass is 10.2. The molecule has 1 aromatic heterocycles. The summed E-state index contributed by atoms with van der Waals surface area (Å²) in [6, 6.07) is 7.62. The minimum atomic E-state index is 0.623. The standard InChI is InChI=1S/C19H29N5O2/c1-14-18(15(2)24(4)23-14)13-22-19(20-3)21-10-7-11-26-17-9-6-8-16(12-17)25-5/h6,8-9,12H,7,10-11,13H2,1-5H3,(H2,20,21,22). The van der Waals surface area contributed by atoms with Gasteiger partial charge in [0, 0.05) is 44.5 Å². The second-order valence-corrected chi connectivity index (χ2v) is 6.01. The molecule has 0 aliphatic carbocycles. The van der Waals surface area contributed by atoms with Gasteiger partial charge in [-0.05, 0) is 32.4 Å². The van der Waals surface area contributed by atoms with Crippen molar-refractivity contribution in [2.75, 3.05) is 27.3 Å². The molecule has 26 heavy (non-hydrogen) atoms. The third kappa shape index (κ3) is 5.40. The molecule has 1 aromatic carbocycles. The molecule has 7 nitrogen and oxygen atoms in total. The Labute approximate surface area is 155 Å².